The van der Waals surface area contributed by atoms with E-state index in [0.717, 1.165) is 58.0 Å². The highest BCUT2D eigenvalue weighted by Crippen LogP contribution is 2.16. The Balaban J connectivity index is 0.00000392. The molecular formula is C21H37IN4O2. The Morgan fingerprint density at radius 1 is 1.25 bits per heavy atom. The lowest BCUT2D eigenvalue weighted by molar-refractivity contribution is 0.0536. The first-order chi connectivity index (χ1) is 13.2. The molecule has 0 amide bonds. The van der Waals surface area contributed by atoms with Gasteiger partial charge in [0.2, 0.25) is 0 Å². The number of guanidine groups is 1. The number of nitrogens with zero attached hydrogens (tertiary/aromatic N) is 3. The Morgan fingerprint density at radius 3 is 2.75 bits per heavy atom. The van der Waals surface area contributed by atoms with Crippen molar-refractivity contribution in [1.29, 1.82) is 0 Å². The van der Waals surface area contributed by atoms with Crippen LogP contribution in [0.1, 0.15) is 19.3 Å². The highest BCUT2D eigenvalue weighted by atomic mass is 127. The summed E-state index contributed by atoms with van der Waals surface area (Å²) in [7, 11) is 5.73. The standard InChI is InChI=1S/C21H36N4O2.HI/c1-22-21(25-14-11-19(17-25)18-27-16-15-26-3)23-12-7-8-13-24(2)20-9-5-4-6-10-20;/h4-6,9-10,19H,7-8,11-18H2,1-3H3,(H,22,23);1H. The van der Waals surface area contributed by atoms with Gasteiger partial charge in [-0.3, -0.25) is 4.99 Å². The van der Waals surface area contributed by atoms with Crippen molar-refractivity contribution >= 4 is 35.6 Å². The van der Waals surface area contributed by atoms with E-state index in [4.69, 9.17) is 9.47 Å². The summed E-state index contributed by atoms with van der Waals surface area (Å²) >= 11 is 0. The number of unbranched alkanes of at least 4 members (excludes halogenated alkanes) is 1. The summed E-state index contributed by atoms with van der Waals surface area (Å²) in [6.07, 6.45) is 3.45. The van der Waals surface area contributed by atoms with Gasteiger partial charge in [0.15, 0.2) is 5.96 Å². The molecule has 160 valence electrons. The predicted octanol–water partition coefficient (Wildman–Crippen LogP) is 3.08. The molecule has 1 aromatic carbocycles. The van der Waals surface area contributed by atoms with Gasteiger partial charge in [-0.25, -0.2) is 0 Å². The normalized spacial score (nSPS) is 16.8. The van der Waals surface area contributed by atoms with Crippen molar-refractivity contribution in [2.45, 2.75) is 19.3 Å². The van der Waals surface area contributed by atoms with Gasteiger partial charge in [0, 0.05) is 59.0 Å². The minimum absolute atomic E-state index is 0. The molecule has 28 heavy (non-hydrogen) atoms. The van der Waals surface area contributed by atoms with Crippen LogP contribution in [0.4, 0.5) is 5.69 Å². The lowest BCUT2D eigenvalue weighted by Crippen LogP contribution is -2.40. The number of aliphatic imine (C=N–C) groups is 1. The van der Waals surface area contributed by atoms with Crippen LogP contribution in [-0.2, 0) is 9.47 Å². The molecule has 0 aliphatic carbocycles. The lowest BCUT2D eigenvalue weighted by Gasteiger charge is -2.22. The van der Waals surface area contributed by atoms with Crippen LogP contribution in [-0.4, -0.2) is 78.1 Å². The largest absolute Gasteiger partial charge is 0.382 e. The van der Waals surface area contributed by atoms with Crippen molar-refractivity contribution in [2.75, 3.05) is 72.1 Å². The van der Waals surface area contributed by atoms with E-state index in [2.05, 4.69) is 57.5 Å². The smallest absolute Gasteiger partial charge is 0.193 e. The summed E-state index contributed by atoms with van der Waals surface area (Å²) < 4.78 is 10.7. The monoisotopic (exact) mass is 504 g/mol. The number of likely N-dealkylation sites (tertiary alicyclic amines) is 1. The minimum Gasteiger partial charge on any atom is -0.382 e. The second kappa shape index (κ2) is 14.9. The number of nitrogens with one attached hydrogen (secondary N) is 1. The van der Waals surface area contributed by atoms with E-state index < -0.39 is 0 Å². The Labute approximate surface area is 187 Å². The minimum atomic E-state index is 0. The number of rotatable bonds is 11. The van der Waals surface area contributed by atoms with Crippen LogP contribution >= 0.6 is 24.0 Å². The Morgan fingerprint density at radius 2 is 2.04 bits per heavy atom. The van der Waals surface area contributed by atoms with Gasteiger partial charge < -0.3 is 24.6 Å². The van der Waals surface area contributed by atoms with Crippen LogP contribution in [0.25, 0.3) is 0 Å². The van der Waals surface area contributed by atoms with E-state index >= 15 is 0 Å². The maximum Gasteiger partial charge on any atom is 0.193 e. The highest BCUT2D eigenvalue weighted by molar-refractivity contribution is 14.0. The molecule has 1 atom stereocenters. The van der Waals surface area contributed by atoms with Gasteiger partial charge in [-0.15, -0.1) is 24.0 Å². The number of benzene rings is 1. The fraction of sp³-hybridized carbons (Fsp3) is 0.667. The molecule has 0 bridgehead atoms. The maximum atomic E-state index is 5.68. The summed E-state index contributed by atoms with van der Waals surface area (Å²) in [5, 5.41) is 3.52. The molecule has 2 rings (SSSR count). The van der Waals surface area contributed by atoms with Gasteiger partial charge in [0.25, 0.3) is 0 Å². The molecule has 1 aliphatic rings. The molecule has 0 radical (unpaired) electrons. The third-order valence-corrected chi connectivity index (χ3v) is 4.98. The molecule has 1 aliphatic heterocycles. The van der Waals surface area contributed by atoms with Gasteiger partial charge >= 0.3 is 0 Å². The average Bonchev–Trinajstić information content (AvgIpc) is 3.17. The first-order valence-corrected chi connectivity index (χ1v) is 10.0. The fourth-order valence-electron chi connectivity index (χ4n) is 3.37. The summed E-state index contributed by atoms with van der Waals surface area (Å²) in [6.45, 7) is 6.24. The zero-order valence-electron chi connectivity index (χ0n) is 17.6. The molecule has 1 N–H and O–H groups in total. The number of ether oxygens (including phenoxy) is 2. The lowest BCUT2D eigenvalue weighted by atomic mass is 10.1. The van der Waals surface area contributed by atoms with E-state index in [1.165, 1.54) is 5.69 Å². The Hall–Kier alpha value is -1.06. The second-order valence-corrected chi connectivity index (χ2v) is 7.11. The molecule has 0 saturated carbocycles. The molecule has 1 unspecified atom stereocenters. The quantitative estimate of drug-likeness (QED) is 0.217. The molecule has 1 saturated heterocycles. The van der Waals surface area contributed by atoms with Gasteiger partial charge in [-0.1, -0.05) is 18.2 Å². The van der Waals surface area contributed by atoms with Crippen molar-refractivity contribution in [1.82, 2.24) is 10.2 Å². The first-order valence-electron chi connectivity index (χ1n) is 10.0. The molecule has 0 aromatic heterocycles. The first kappa shape index (κ1) is 25.0. The van der Waals surface area contributed by atoms with Crippen LogP contribution in [0.15, 0.2) is 35.3 Å². The molecule has 0 spiro atoms. The molecular weight excluding hydrogens is 467 g/mol. The van der Waals surface area contributed by atoms with Gasteiger partial charge in [-0.05, 0) is 31.4 Å². The highest BCUT2D eigenvalue weighted by Gasteiger charge is 2.24. The number of methoxy groups -OCH3 is 1. The summed E-state index contributed by atoms with van der Waals surface area (Å²) in [4.78, 5) is 9.11. The van der Waals surface area contributed by atoms with Crippen LogP contribution in [0, 0.1) is 5.92 Å². The SMILES string of the molecule is CN=C(NCCCCN(C)c1ccccc1)N1CCC(COCCOC)C1.I. The van der Waals surface area contributed by atoms with Gasteiger partial charge in [0.1, 0.15) is 0 Å². The van der Waals surface area contributed by atoms with Crippen LogP contribution in [0.2, 0.25) is 0 Å². The van der Waals surface area contributed by atoms with E-state index in [9.17, 15) is 0 Å². The molecule has 1 heterocycles. The van der Waals surface area contributed by atoms with Crippen molar-refractivity contribution in [2.24, 2.45) is 10.9 Å². The summed E-state index contributed by atoms with van der Waals surface area (Å²) in [5.74, 6) is 1.60. The number of hydrogen-bond acceptors (Lipinski definition) is 4. The van der Waals surface area contributed by atoms with Crippen LogP contribution in [0.3, 0.4) is 0 Å². The second-order valence-electron chi connectivity index (χ2n) is 7.11. The number of para-hydroxylation sites is 1. The fourth-order valence-corrected chi connectivity index (χ4v) is 3.37. The zero-order valence-corrected chi connectivity index (χ0v) is 19.9. The molecule has 1 aromatic rings. The zero-order chi connectivity index (χ0) is 19.3. The Kier molecular flexibility index (Phi) is 13.3. The van der Waals surface area contributed by atoms with Crippen LogP contribution < -0.4 is 10.2 Å². The van der Waals surface area contributed by atoms with E-state index in [-0.39, 0.29) is 24.0 Å². The van der Waals surface area contributed by atoms with E-state index in [0.29, 0.717) is 19.1 Å². The van der Waals surface area contributed by atoms with Crippen LogP contribution in [0.5, 0.6) is 0 Å². The summed E-state index contributed by atoms with van der Waals surface area (Å²) in [6, 6.07) is 10.5. The van der Waals surface area contributed by atoms with Crippen molar-refractivity contribution < 1.29 is 9.47 Å². The molecule has 1 fully saturated rings. The number of hydrogen-bond donors (Lipinski definition) is 1. The number of halogens is 1. The topological polar surface area (TPSA) is 49.3 Å². The van der Waals surface area contributed by atoms with E-state index in [1.807, 2.05) is 7.05 Å². The molecule has 6 nitrogen and oxygen atoms in total. The third-order valence-electron chi connectivity index (χ3n) is 4.98. The molecule has 7 heteroatoms. The third kappa shape index (κ3) is 8.96. The number of anilines is 1. The van der Waals surface area contributed by atoms with Crippen molar-refractivity contribution in [3.05, 3.63) is 30.3 Å². The average molecular weight is 504 g/mol. The van der Waals surface area contributed by atoms with Crippen molar-refractivity contribution in [3.8, 4) is 0 Å². The Bertz CT molecular complexity index is 544. The van der Waals surface area contributed by atoms with Gasteiger partial charge in [0.05, 0.1) is 19.8 Å². The van der Waals surface area contributed by atoms with Crippen molar-refractivity contribution in [3.63, 3.8) is 0 Å². The predicted molar refractivity (Wildman–Crippen MR) is 128 cm³/mol. The van der Waals surface area contributed by atoms with E-state index in [1.54, 1.807) is 7.11 Å². The summed E-state index contributed by atoms with van der Waals surface area (Å²) in [5.41, 5.74) is 1.28. The van der Waals surface area contributed by atoms with Gasteiger partial charge in [-0.2, -0.15) is 0 Å². The maximum absolute atomic E-state index is 5.68.